The molecule has 6 nitrogen and oxygen atoms in total. The molecule has 1 saturated heterocycles. The van der Waals surface area contributed by atoms with Crippen molar-refractivity contribution in [3.8, 4) is 0 Å². The molecular formula is C41H38F2O6S. The molecule has 50 heavy (non-hydrogen) atoms. The Hall–Kier alpha value is -4.22. The number of hydrogen-bond acceptors (Lipinski definition) is 7. The third-order valence-corrected chi connectivity index (χ3v) is 9.81. The van der Waals surface area contributed by atoms with Crippen molar-refractivity contribution >= 4 is 16.9 Å². The topological polar surface area (TPSA) is 74.2 Å². The molecule has 5 aromatic rings. The first-order valence-corrected chi connectivity index (χ1v) is 17.2. The Morgan fingerprint density at radius 2 is 1.28 bits per heavy atom. The van der Waals surface area contributed by atoms with E-state index in [0.29, 0.717) is 17.3 Å². The molecule has 6 rings (SSSR count). The maximum Gasteiger partial charge on any atom is 0.225 e. The van der Waals surface area contributed by atoms with Gasteiger partial charge in [-0.25, -0.2) is 8.78 Å². The lowest BCUT2D eigenvalue weighted by Gasteiger charge is -2.50. The lowest BCUT2D eigenvalue weighted by atomic mass is 9.89. The van der Waals surface area contributed by atoms with Crippen LogP contribution in [0.3, 0.4) is 0 Å². The van der Waals surface area contributed by atoms with Gasteiger partial charge in [0.05, 0.1) is 32.0 Å². The summed E-state index contributed by atoms with van der Waals surface area (Å²) in [5, 5.41) is 11.7. The Morgan fingerprint density at radius 1 is 0.740 bits per heavy atom. The largest absolute Gasteiger partial charge is 0.386 e. The van der Waals surface area contributed by atoms with E-state index < -0.39 is 51.7 Å². The van der Waals surface area contributed by atoms with Crippen molar-refractivity contribution in [3.63, 3.8) is 0 Å². The van der Waals surface area contributed by atoms with Gasteiger partial charge in [-0.15, -0.1) is 0 Å². The summed E-state index contributed by atoms with van der Waals surface area (Å²) in [5.41, 5.74) is 3.60. The van der Waals surface area contributed by atoms with E-state index in [4.69, 9.17) is 18.9 Å². The molecule has 0 unspecified atom stereocenters. The highest BCUT2D eigenvalue weighted by Gasteiger charge is 2.58. The number of aryl methyl sites for hydroxylation is 1. The molecule has 0 saturated carbocycles. The van der Waals surface area contributed by atoms with Crippen molar-refractivity contribution in [1.29, 1.82) is 0 Å². The van der Waals surface area contributed by atoms with Gasteiger partial charge in [-0.1, -0.05) is 121 Å². The molecule has 1 heterocycles. The first kappa shape index (κ1) is 35.6. The van der Waals surface area contributed by atoms with Crippen LogP contribution in [0, 0.1) is 18.6 Å². The molecule has 0 aromatic heterocycles. The molecule has 0 radical (unpaired) electrons. The predicted molar refractivity (Wildman–Crippen MR) is 188 cm³/mol. The van der Waals surface area contributed by atoms with Crippen molar-refractivity contribution in [2.24, 2.45) is 0 Å². The van der Waals surface area contributed by atoms with Crippen LogP contribution in [0.4, 0.5) is 8.78 Å². The van der Waals surface area contributed by atoms with E-state index in [2.05, 4.69) is 0 Å². The first-order chi connectivity index (χ1) is 24.3. The van der Waals surface area contributed by atoms with Gasteiger partial charge in [0, 0.05) is 0 Å². The summed E-state index contributed by atoms with van der Waals surface area (Å²) < 4.78 is 55.4. The molecule has 0 amide bonds. The van der Waals surface area contributed by atoms with Crippen LogP contribution in [-0.2, 0) is 43.7 Å². The molecule has 0 aliphatic carbocycles. The Labute approximate surface area is 295 Å². The number of rotatable bonds is 13. The minimum absolute atomic E-state index is 0.00293. The van der Waals surface area contributed by atoms with Crippen molar-refractivity contribution < 1.29 is 37.6 Å². The van der Waals surface area contributed by atoms with Gasteiger partial charge in [0.2, 0.25) is 5.12 Å². The second-order valence-electron chi connectivity index (χ2n) is 12.2. The standard InChI is InChI=1S/C41H38F2O6S/c1-28-17-19-32(20-18-28)41(50-40(45)34-23-33(42)21-22-35(34)43)39(44)38(48-26-31-15-9-4-10-16-31)37(47-25-30-13-7-3-8-14-30)36(49-41)27-46-24-29-11-5-2-6-12-29/h2-23,36-39,44H,24-27H2,1H3/t36-,37-,38+,39+,41-/m1/s1. The van der Waals surface area contributed by atoms with Crippen molar-refractivity contribution in [3.05, 3.63) is 178 Å². The van der Waals surface area contributed by atoms with Crippen molar-refractivity contribution in [2.75, 3.05) is 6.61 Å². The highest BCUT2D eigenvalue weighted by atomic mass is 32.2. The van der Waals surface area contributed by atoms with Crippen LogP contribution < -0.4 is 0 Å². The van der Waals surface area contributed by atoms with E-state index in [1.165, 1.54) is 0 Å². The van der Waals surface area contributed by atoms with Crippen LogP contribution in [0.5, 0.6) is 0 Å². The normalized spacial score (nSPS) is 21.9. The van der Waals surface area contributed by atoms with Crippen LogP contribution in [0.2, 0.25) is 0 Å². The summed E-state index contributed by atoms with van der Waals surface area (Å²) in [6.45, 7) is 2.48. The Morgan fingerprint density at radius 3 is 1.86 bits per heavy atom. The molecule has 1 fully saturated rings. The number of halogens is 2. The molecule has 1 N–H and O–H groups in total. The van der Waals surface area contributed by atoms with Crippen LogP contribution in [-0.4, -0.2) is 41.2 Å². The van der Waals surface area contributed by atoms with E-state index in [1.807, 2.05) is 110 Å². The molecular weight excluding hydrogens is 659 g/mol. The van der Waals surface area contributed by atoms with Crippen LogP contribution in [0.25, 0.3) is 0 Å². The molecule has 0 spiro atoms. The van der Waals surface area contributed by atoms with E-state index in [-0.39, 0.29) is 26.4 Å². The van der Waals surface area contributed by atoms with Gasteiger partial charge in [0.1, 0.15) is 36.1 Å². The lowest BCUT2D eigenvalue weighted by Crippen LogP contribution is -2.64. The molecule has 5 aromatic carbocycles. The van der Waals surface area contributed by atoms with Crippen LogP contribution in [0.15, 0.2) is 133 Å². The third-order valence-electron chi connectivity index (χ3n) is 8.53. The van der Waals surface area contributed by atoms with Crippen molar-refractivity contribution in [1.82, 2.24) is 0 Å². The summed E-state index contributed by atoms with van der Waals surface area (Å²) in [7, 11) is 0. The maximum absolute atomic E-state index is 15.0. The Balaban J connectivity index is 1.42. The Kier molecular flexibility index (Phi) is 11.9. The van der Waals surface area contributed by atoms with Gasteiger partial charge < -0.3 is 24.1 Å². The zero-order valence-corrected chi connectivity index (χ0v) is 28.3. The van der Waals surface area contributed by atoms with E-state index in [9.17, 15) is 18.7 Å². The predicted octanol–water partition coefficient (Wildman–Crippen LogP) is 8.15. The number of hydrogen-bond donors (Lipinski definition) is 1. The number of ether oxygens (including phenoxy) is 4. The lowest BCUT2D eigenvalue weighted by molar-refractivity contribution is -0.274. The zero-order valence-electron chi connectivity index (χ0n) is 27.5. The SMILES string of the molecule is Cc1ccc([C@]2(SC(=O)c3cc(F)ccc3F)O[C@H](COCc3ccccc3)[C@@H](OCc3ccccc3)[C@H](OCc3ccccc3)[C@@H]2O)cc1. The van der Waals surface area contributed by atoms with E-state index >= 15 is 0 Å². The van der Waals surface area contributed by atoms with Gasteiger partial charge in [-0.3, -0.25) is 4.79 Å². The molecule has 1 aliphatic rings. The number of aliphatic hydroxyl groups excluding tert-OH is 1. The van der Waals surface area contributed by atoms with E-state index in [1.54, 1.807) is 12.1 Å². The number of carbonyl (C=O) groups is 1. The van der Waals surface area contributed by atoms with Gasteiger partial charge in [-0.2, -0.15) is 0 Å². The maximum atomic E-state index is 15.0. The molecule has 258 valence electrons. The van der Waals surface area contributed by atoms with E-state index in [0.717, 1.165) is 40.5 Å². The average molecular weight is 697 g/mol. The second-order valence-corrected chi connectivity index (χ2v) is 13.4. The van der Waals surface area contributed by atoms with Crippen LogP contribution >= 0.6 is 11.8 Å². The summed E-state index contributed by atoms with van der Waals surface area (Å²) in [6, 6.07) is 38.6. The average Bonchev–Trinajstić information content (AvgIpc) is 3.14. The fraction of sp³-hybridized carbons (Fsp3) is 0.244. The number of aliphatic hydroxyl groups is 1. The number of thioether (sulfide) groups is 1. The smallest absolute Gasteiger partial charge is 0.225 e. The molecule has 9 heteroatoms. The Bertz CT molecular complexity index is 1830. The summed E-state index contributed by atoms with van der Waals surface area (Å²) in [6.07, 6.45) is -4.34. The number of carbonyl (C=O) groups excluding carboxylic acids is 1. The summed E-state index contributed by atoms with van der Waals surface area (Å²) in [4.78, 5) is 12.1. The first-order valence-electron chi connectivity index (χ1n) is 16.4. The molecule has 0 bridgehead atoms. The minimum Gasteiger partial charge on any atom is -0.386 e. The van der Waals surface area contributed by atoms with Gasteiger partial charge in [-0.05, 0) is 59.1 Å². The second kappa shape index (κ2) is 16.7. The van der Waals surface area contributed by atoms with Crippen LogP contribution in [0.1, 0.15) is 38.2 Å². The fourth-order valence-electron chi connectivity index (χ4n) is 5.90. The van der Waals surface area contributed by atoms with Gasteiger partial charge >= 0.3 is 0 Å². The minimum atomic E-state index is -1.84. The van der Waals surface area contributed by atoms with Gasteiger partial charge in [0.15, 0.2) is 4.93 Å². The third kappa shape index (κ3) is 8.55. The highest BCUT2D eigenvalue weighted by Crippen LogP contribution is 2.50. The molecule has 1 aliphatic heterocycles. The molecule has 5 atom stereocenters. The summed E-state index contributed by atoms with van der Waals surface area (Å²) in [5.74, 6) is -1.66. The van der Waals surface area contributed by atoms with Crippen molar-refractivity contribution in [2.45, 2.75) is 56.1 Å². The highest BCUT2D eigenvalue weighted by molar-refractivity contribution is 8.14. The van der Waals surface area contributed by atoms with Gasteiger partial charge in [0.25, 0.3) is 0 Å². The quantitative estimate of drug-likeness (QED) is 0.133. The fourth-order valence-corrected chi connectivity index (χ4v) is 7.12. The number of benzene rings is 5. The zero-order chi connectivity index (χ0) is 34.9. The monoisotopic (exact) mass is 696 g/mol. The summed E-state index contributed by atoms with van der Waals surface area (Å²) >= 11 is 0.578.